The first kappa shape index (κ1) is 14.9. The molecular formula is C13H17ClN2O4. The summed E-state index contributed by atoms with van der Waals surface area (Å²) < 4.78 is 5.05. The molecule has 0 amide bonds. The van der Waals surface area contributed by atoms with Gasteiger partial charge in [0.15, 0.2) is 11.5 Å². The van der Waals surface area contributed by atoms with Crippen molar-refractivity contribution in [2.75, 3.05) is 26.7 Å². The van der Waals surface area contributed by atoms with Gasteiger partial charge in [0.2, 0.25) is 0 Å². The van der Waals surface area contributed by atoms with Gasteiger partial charge in [-0.15, -0.1) is 0 Å². The van der Waals surface area contributed by atoms with Crippen molar-refractivity contribution in [3.63, 3.8) is 0 Å². The second kappa shape index (κ2) is 6.30. The van der Waals surface area contributed by atoms with Gasteiger partial charge in [0.05, 0.1) is 7.11 Å². The molecule has 0 radical (unpaired) electrons. The van der Waals surface area contributed by atoms with E-state index >= 15 is 0 Å². The normalized spacial score (nSPS) is 19.8. The monoisotopic (exact) mass is 300 g/mol. The van der Waals surface area contributed by atoms with Gasteiger partial charge in [0.25, 0.3) is 0 Å². The van der Waals surface area contributed by atoms with Crippen molar-refractivity contribution < 1.29 is 19.7 Å². The van der Waals surface area contributed by atoms with Gasteiger partial charge < -0.3 is 20.3 Å². The number of phenols is 1. The van der Waals surface area contributed by atoms with Gasteiger partial charge in [-0.05, 0) is 6.07 Å². The van der Waals surface area contributed by atoms with E-state index in [4.69, 9.17) is 16.3 Å². The maximum absolute atomic E-state index is 11.2. The fourth-order valence-electron chi connectivity index (χ4n) is 2.30. The molecule has 1 heterocycles. The third-order valence-corrected chi connectivity index (χ3v) is 3.57. The van der Waals surface area contributed by atoms with Crippen LogP contribution in [0.4, 0.5) is 0 Å². The number of aliphatic carboxylic acids is 1. The van der Waals surface area contributed by atoms with Crippen LogP contribution < -0.4 is 10.1 Å². The molecule has 20 heavy (non-hydrogen) atoms. The quantitative estimate of drug-likeness (QED) is 0.767. The summed E-state index contributed by atoms with van der Waals surface area (Å²) in [5.41, 5.74) is 0.558. The van der Waals surface area contributed by atoms with Gasteiger partial charge in [-0.1, -0.05) is 11.6 Å². The average Bonchev–Trinajstić information content (AvgIpc) is 2.42. The van der Waals surface area contributed by atoms with Gasteiger partial charge in [-0.2, -0.15) is 0 Å². The summed E-state index contributed by atoms with van der Waals surface area (Å²) >= 11 is 5.98. The summed E-state index contributed by atoms with van der Waals surface area (Å²) in [5, 5.41) is 22.8. The van der Waals surface area contributed by atoms with Crippen LogP contribution in [0.25, 0.3) is 0 Å². The molecular weight excluding hydrogens is 284 g/mol. The van der Waals surface area contributed by atoms with Gasteiger partial charge in [-0.3, -0.25) is 9.69 Å². The summed E-state index contributed by atoms with van der Waals surface area (Å²) in [5.74, 6) is -0.597. The summed E-state index contributed by atoms with van der Waals surface area (Å²) in [4.78, 5) is 13.0. The lowest BCUT2D eigenvalue weighted by Gasteiger charge is -2.33. The van der Waals surface area contributed by atoms with Crippen molar-refractivity contribution in [2.24, 2.45) is 0 Å². The molecule has 1 fully saturated rings. The number of halogens is 1. The standard InChI is InChI=1S/C13H17ClN2O4/c1-20-11-5-9(14)4-8(12(11)17)7-16-3-2-15-6-10(16)13(18)19/h4-5,10,15,17H,2-3,6-7H2,1H3,(H,18,19). The number of aromatic hydroxyl groups is 1. The van der Waals surface area contributed by atoms with E-state index in [0.29, 0.717) is 36.8 Å². The van der Waals surface area contributed by atoms with Crippen LogP contribution in [-0.2, 0) is 11.3 Å². The topological polar surface area (TPSA) is 82.0 Å². The van der Waals surface area contributed by atoms with Crippen molar-refractivity contribution in [1.29, 1.82) is 0 Å². The molecule has 1 unspecified atom stereocenters. The second-order valence-corrected chi connectivity index (χ2v) is 5.08. The van der Waals surface area contributed by atoms with Crippen molar-refractivity contribution in [1.82, 2.24) is 10.2 Å². The first-order chi connectivity index (χ1) is 9.52. The van der Waals surface area contributed by atoms with Crippen LogP contribution in [0, 0.1) is 0 Å². The van der Waals surface area contributed by atoms with Crippen LogP contribution in [0.1, 0.15) is 5.56 Å². The summed E-state index contributed by atoms with van der Waals surface area (Å²) in [6.07, 6.45) is 0. The minimum absolute atomic E-state index is 0.000397. The fraction of sp³-hybridized carbons (Fsp3) is 0.462. The van der Waals surface area contributed by atoms with Crippen LogP contribution in [0.15, 0.2) is 12.1 Å². The lowest BCUT2D eigenvalue weighted by Crippen LogP contribution is -2.54. The van der Waals surface area contributed by atoms with E-state index in [2.05, 4.69) is 5.32 Å². The van der Waals surface area contributed by atoms with E-state index in [1.807, 2.05) is 0 Å². The molecule has 0 spiro atoms. The highest BCUT2D eigenvalue weighted by Gasteiger charge is 2.29. The molecule has 1 aliphatic heterocycles. The number of piperazine rings is 1. The molecule has 1 saturated heterocycles. The summed E-state index contributed by atoms with van der Waals surface area (Å²) in [6, 6.07) is 2.53. The average molecular weight is 301 g/mol. The second-order valence-electron chi connectivity index (χ2n) is 4.64. The van der Waals surface area contributed by atoms with E-state index in [1.165, 1.54) is 13.2 Å². The van der Waals surface area contributed by atoms with Gasteiger partial charge in [-0.25, -0.2) is 0 Å². The Kier molecular flexibility index (Phi) is 4.69. The van der Waals surface area contributed by atoms with Gasteiger partial charge in [0, 0.05) is 42.8 Å². The highest BCUT2D eigenvalue weighted by atomic mass is 35.5. The van der Waals surface area contributed by atoms with Crippen LogP contribution in [0.3, 0.4) is 0 Å². The zero-order chi connectivity index (χ0) is 14.7. The Balaban J connectivity index is 2.24. The number of ether oxygens (including phenoxy) is 1. The van der Waals surface area contributed by atoms with Crippen LogP contribution in [0.5, 0.6) is 11.5 Å². The highest BCUT2D eigenvalue weighted by Crippen LogP contribution is 2.34. The maximum Gasteiger partial charge on any atom is 0.322 e. The molecule has 1 aliphatic rings. The van der Waals surface area contributed by atoms with E-state index in [9.17, 15) is 15.0 Å². The van der Waals surface area contributed by atoms with Crippen molar-refractivity contribution in [3.8, 4) is 11.5 Å². The molecule has 0 aromatic heterocycles. The Hall–Kier alpha value is -1.50. The predicted molar refractivity (Wildman–Crippen MR) is 74.4 cm³/mol. The van der Waals surface area contributed by atoms with Crippen LogP contribution >= 0.6 is 11.6 Å². The number of methoxy groups -OCH3 is 1. The minimum Gasteiger partial charge on any atom is -0.504 e. The Morgan fingerprint density at radius 1 is 1.60 bits per heavy atom. The Morgan fingerprint density at radius 2 is 2.35 bits per heavy atom. The number of carbonyl (C=O) groups is 1. The minimum atomic E-state index is -0.884. The lowest BCUT2D eigenvalue weighted by atomic mass is 10.1. The van der Waals surface area contributed by atoms with E-state index in [1.54, 1.807) is 11.0 Å². The summed E-state index contributed by atoms with van der Waals surface area (Å²) in [6.45, 7) is 1.99. The molecule has 110 valence electrons. The molecule has 6 nitrogen and oxygen atoms in total. The number of nitrogens with one attached hydrogen (secondary N) is 1. The van der Waals surface area contributed by atoms with Gasteiger partial charge >= 0.3 is 5.97 Å². The first-order valence-corrected chi connectivity index (χ1v) is 6.63. The van der Waals surface area contributed by atoms with Crippen molar-refractivity contribution >= 4 is 17.6 Å². The summed E-state index contributed by atoms with van der Waals surface area (Å²) in [7, 11) is 1.44. The Bertz CT molecular complexity index is 509. The molecule has 3 N–H and O–H groups in total. The number of nitrogens with zero attached hydrogens (tertiary/aromatic N) is 1. The lowest BCUT2D eigenvalue weighted by molar-refractivity contribution is -0.144. The Morgan fingerprint density at radius 3 is 3.00 bits per heavy atom. The number of hydrogen-bond donors (Lipinski definition) is 3. The highest BCUT2D eigenvalue weighted by molar-refractivity contribution is 6.30. The van der Waals surface area contributed by atoms with Crippen LogP contribution in [0.2, 0.25) is 5.02 Å². The van der Waals surface area contributed by atoms with E-state index in [0.717, 1.165) is 0 Å². The number of phenolic OH excluding ortho intramolecular Hbond substituents is 1. The third-order valence-electron chi connectivity index (χ3n) is 3.35. The number of carboxylic acids is 1. The fourth-order valence-corrected chi connectivity index (χ4v) is 2.53. The first-order valence-electron chi connectivity index (χ1n) is 6.26. The molecule has 1 aromatic rings. The molecule has 1 atom stereocenters. The third kappa shape index (κ3) is 3.15. The predicted octanol–water partition coefficient (Wildman–Crippen LogP) is 0.913. The SMILES string of the molecule is COc1cc(Cl)cc(CN2CCNCC2C(=O)O)c1O. The zero-order valence-corrected chi connectivity index (χ0v) is 11.9. The van der Waals surface area contributed by atoms with Crippen molar-refractivity contribution in [3.05, 3.63) is 22.7 Å². The molecule has 0 aliphatic carbocycles. The number of rotatable bonds is 4. The molecule has 0 bridgehead atoms. The molecule has 1 aromatic carbocycles. The van der Waals surface area contributed by atoms with Gasteiger partial charge in [0.1, 0.15) is 6.04 Å². The largest absolute Gasteiger partial charge is 0.504 e. The molecule has 7 heteroatoms. The number of benzene rings is 1. The molecule has 0 saturated carbocycles. The van der Waals surface area contributed by atoms with Crippen LogP contribution in [-0.4, -0.2) is 53.9 Å². The van der Waals surface area contributed by atoms with E-state index < -0.39 is 12.0 Å². The van der Waals surface area contributed by atoms with E-state index in [-0.39, 0.29) is 11.5 Å². The smallest absolute Gasteiger partial charge is 0.322 e. The Labute approximate surface area is 121 Å². The number of carboxylic acid groups (broad SMARTS) is 1. The zero-order valence-electron chi connectivity index (χ0n) is 11.1. The number of hydrogen-bond acceptors (Lipinski definition) is 5. The maximum atomic E-state index is 11.2. The van der Waals surface area contributed by atoms with Crippen molar-refractivity contribution in [2.45, 2.75) is 12.6 Å². The molecule has 2 rings (SSSR count).